The van der Waals surface area contributed by atoms with Gasteiger partial charge in [0.15, 0.2) is 0 Å². The van der Waals surface area contributed by atoms with E-state index in [9.17, 15) is 4.79 Å². The van der Waals surface area contributed by atoms with Crippen LogP contribution in [-0.4, -0.2) is 36.6 Å². The van der Waals surface area contributed by atoms with Gasteiger partial charge in [-0.2, -0.15) is 0 Å². The number of piperidine rings is 1. The van der Waals surface area contributed by atoms with Crippen molar-refractivity contribution < 1.29 is 13.9 Å². The van der Waals surface area contributed by atoms with E-state index in [0.29, 0.717) is 11.5 Å². The molecule has 4 heteroatoms. The van der Waals surface area contributed by atoms with E-state index in [4.69, 9.17) is 9.15 Å². The van der Waals surface area contributed by atoms with Crippen LogP contribution in [0.3, 0.4) is 0 Å². The van der Waals surface area contributed by atoms with E-state index in [2.05, 4.69) is 24.3 Å². The lowest BCUT2D eigenvalue weighted by Gasteiger charge is -2.38. The minimum Gasteiger partial charge on any atom is -0.472 e. The molecule has 25 heavy (non-hydrogen) atoms. The first-order valence-electron chi connectivity index (χ1n) is 9.26. The van der Waals surface area contributed by atoms with E-state index in [1.54, 1.807) is 12.3 Å². The molecule has 1 aromatic carbocycles. The first-order valence-corrected chi connectivity index (χ1v) is 9.26. The lowest BCUT2D eigenvalue weighted by molar-refractivity contribution is -0.0326. The fraction of sp³-hybridized carbons (Fsp3) is 0.476. The van der Waals surface area contributed by atoms with Crippen LogP contribution in [0.15, 0.2) is 53.3 Å². The zero-order chi connectivity index (χ0) is 17.1. The average molecular weight is 339 g/mol. The van der Waals surface area contributed by atoms with Gasteiger partial charge in [-0.1, -0.05) is 30.3 Å². The van der Waals surface area contributed by atoms with Crippen LogP contribution in [0.4, 0.5) is 0 Å². The second kappa shape index (κ2) is 7.44. The van der Waals surface area contributed by atoms with Crippen molar-refractivity contribution in [3.05, 3.63) is 60.1 Å². The molecule has 2 aromatic rings. The number of likely N-dealkylation sites (tertiary alicyclic amines) is 1. The molecule has 132 valence electrons. The molecule has 1 amide bonds. The van der Waals surface area contributed by atoms with Gasteiger partial charge in [-0.3, -0.25) is 4.79 Å². The average Bonchev–Trinajstić information content (AvgIpc) is 3.31. The van der Waals surface area contributed by atoms with Crippen molar-refractivity contribution in [3.8, 4) is 0 Å². The summed E-state index contributed by atoms with van der Waals surface area (Å²) >= 11 is 0. The molecule has 4 rings (SSSR count). The van der Waals surface area contributed by atoms with E-state index in [1.165, 1.54) is 24.7 Å². The van der Waals surface area contributed by atoms with Crippen LogP contribution in [0, 0.1) is 11.8 Å². The van der Waals surface area contributed by atoms with E-state index in [1.807, 2.05) is 11.0 Å². The van der Waals surface area contributed by atoms with Gasteiger partial charge in [-0.15, -0.1) is 0 Å². The maximum atomic E-state index is 12.7. The molecule has 1 aliphatic heterocycles. The van der Waals surface area contributed by atoms with Crippen LogP contribution in [0.5, 0.6) is 0 Å². The number of hydrogen-bond donors (Lipinski definition) is 0. The van der Waals surface area contributed by atoms with Crippen molar-refractivity contribution in [3.63, 3.8) is 0 Å². The first-order chi connectivity index (χ1) is 12.3. The summed E-state index contributed by atoms with van der Waals surface area (Å²) in [6, 6.07) is 12.3. The Bertz CT molecular complexity index is 678. The lowest BCUT2D eigenvalue weighted by atomic mass is 9.88. The maximum Gasteiger partial charge on any atom is 0.257 e. The molecule has 2 heterocycles. The largest absolute Gasteiger partial charge is 0.472 e. The molecular formula is C21H25NO3. The molecule has 1 saturated heterocycles. The Morgan fingerprint density at radius 1 is 1.16 bits per heavy atom. The third-order valence-electron chi connectivity index (χ3n) is 5.30. The zero-order valence-corrected chi connectivity index (χ0v) is 14.5. The second-order valence-corrected chi connectivity index (χ2v) is 7.32. The Labute approximate surface area is 148 Å². The third kappa shape index (κ3) is 4.13. The van der Waals surface area contributed by atoms with Gasteiger partial charge < -0.3 is 14.1 Å². The van der Waals surface area contributed by atoms with Crippen molar-refractivity contribution in [1.82, 2.24) is 4.90 Å². The molecule has 2 aliphatic rings. The van der Waals surface area contributed by atoms with Crippen molar-refractivity contribution >= 4 is 5.91 Å². The standard InChI is InChI=1S/C21H25NO3/c23-21(18-9-11-24-15-18)22-10-8-20(25-14-17-6-7-17)19(13-22)12-16-4-2-1-3-5-16/h1-5,9,11,15,17,19-20H,6-8,10,12-14H2/t19-,20+/m1/s1. The number of ether oxygens (including phenoxy) is 1. The van der Waals surface area contributed by atoms with Gasteiger partial charge in [0, 0.05) is 25.6 Å². The number of rotatable bonds is 6. The van der Waals surface area contributed by atoms with Crippen LogP contribution < -0.4 is 0 Å². The monoisotopic (exact) mass is 339 g/mol. The van der Waals surface area contributed by atoms with Crippen molar-refractivity contribution in [2.75, 3.05) is 19.7 Å². The minimum absolute atomic E-state index is 0.0625. The topological polar surface area (TPSA) is 42.7 Å². The number of nitrogens with zero attached hydrogens (tertiary/aromatic N) is 1. The molecule has 2 atom stereocenters. The molecule has 1 saturated carbocycles. The highest BCUT2D eigenvalue weighted by Gasteiger charge is 2.34. The first kappa shape index (κ1) is 16.4. The van der Waals surface area contributed by atoms with Gasteiger partial charge in [0.2, 0.25) is 0 Å². The SMILES string of the molecule is O=C(c1ccoc1)N1CC[C@H](OCC2CC2)[C@H](Cc2ccccc2)C1. The number of carbonyl (C=O) groups excluding carboxylic acids is 1. The summed E-state index contributed by atoms with van der Waals surface area (Å²) in [5, 5.41) is 0. The predicted octanol–water partition coefficient (Wildman–Crippen LogP) is 3.78. The van der Waals surface area contributed by atoms with Crippen LogP contribution in [0.2, 0.25) is 0 Å². The smallest absolute Gasteiger partial charge is 0.257 e. The molecule has 1 aliphatic carbocycles. The van der Waals surface area contributed by atoms with Gasteiger partial charge in [0.05, 0.1) is 17.9 Å². The maximum absolute atomic E-state index is 12.7. The number of hydrogen-bond acceptors (Lipinski definition) is 3. The Balaban J connectivity index is 1.45. The van der Waals surface area contributed by atoms with Gasteiger partial charge >= 0.3 is 0 Å². The number of amides is 1. The molecule has 2 fully saturated rings. The van der Waals surface area contributed by atoms with Crippen molar-refractivity contribution in [2.45, 2.75) is 31.8 Å². The summed E-state index contributed by atoms with van der Waals surface area (Å²) in [5.41, 5.74) is 1.95. The van der Waals surface area contributed by atoms with E-state index < -0.39 is 0 Å². The fourth-order valence-corrected chi connectivity index (χ4v) is 3.64. The summed E-state index contributed by atoms with van der Waals surface area (Å²) in [4.78, 5) is 14.6. The van der Waals surface area contributed by atoms with Gasteiger partial charge in [0.1, 0.15) is 6.26 Å². The van der Waals surface area contributed by atoms with Crippen molar-refractivity contribution in [1.29, 1.82) is 0 Å². The normalized spacial score (nSPS) is 23.6. The Morgan fingerprint density at radius 3 is 2.72 bits per heavy atom. The van der Waals surface area contributed by atoms with Crippen molar-refractivity contribution in [2.24, 2.45) is 11.8 Å². The third-order valence-corrected chi connectivity index (χ3v) is 5.30. The molecule has 0 unspecified atom stereocenters. The summed E-state index contributed by atoms with van der Waals surface area (Å²) in [5.74, 6) is 1.17. The predicted molar refractivity (Wildman–Crippen MR) is 95.3 cm³/mol. The fourth-order valence-electron chi connectivity index (χ4n) is 3.64. The zero-order valence-electron chi connectivity index (χ0n) is 14.5. The van der Waals surface area contributed by atoms with Gasteiger partial charge in [-0.05, 0) is 43.2 Å². The highest BCUT2D eigenvalue weighted by molar-refractivity contribution is 5.93. The second-order valence-electron chi connectivity index (χ2n) is 7.32. The van der Waals surface area contributed by atoms with E-state index in [-0.39, 0.29) is 12.0 Å². The lowest BCUT2D eigenvalue weighted by Crippen LogP contribution is -2.47. The number of benzene rings is 1. The quantitative estimate of drug-likeness (QED) is 0.804. The molecule has 4 nitrogen and oxygen atoms in total. The molecule has 0 N–H and O–H groups in total. The molecule has 0 bridgehead atoms. The molecule has 1 aromatic heterocycles. The molecular weight excluding hydrogens is 314 g/mol. The van der Waals surface area contributed by atoms with Gasteiger partial charge in [-0.25, -0.2) is 0 Å². The van der Waals surface area contributed by atoms with Crippen LogP contribution in [0.25, 0.3) is 0 Å². The Kier molecular flexibility index (Phi) is 4.88. The van der Waals surface area contributed by atoms with Crippen LogP contribution in [-0.2, 0) is 11.2 Å². The Morgan fingerprint density at radius 2 is 2.00 bits per heavy atom. The highest BCUT2D eigenvalue weighted by Crippen LogP contribution is 2.32. The number of furan rings is 1. The Hall–Kier alpha value is -2.07. The number of carbonyl (C=O) groups is 1. The van der Waals surface area contributed by atoms with Gasteiger partial charge in [0.25, 0.3) is 5.91 Å². The minimum atomic E-state index is 0.0625. The molecule has 0 spiro atoms. The molecule has 0 radical (unpaired) electrons. The summed E-state index contributed by atoms with van der Waals surface area (Å²) in [6.45, 7) is 2.38. The van der Waals surface area contributed by atoms with E-state index in [0.717, 1.165) is 38.5 Å². The highest BCUT2D eigenvalue weighted by atomic mass is 16.5. The summed E-state index contributed by atoms with van der Waals surface area (Å²) in [6.07, 6.45) is 7.81. The summed E-state index contributed by atoms with van der Waals surface area (Å²) < 4.78 is 11.3. The van der Waals surface area contributed by atoms with E-state index >= 15 is 0 Å². The van der Waals surface area contributed by atoms with Crippen LogP contribution >= 0.6 is 0 Å². The summed E-state index contributed by atoms with van der Waals surface area (Å²) in [7, 11) is 0. The van der Waals surface area contributed by atoms with Crippen LogP contribution in [0.1, 0.15) is 35.2 Å².